The van der Waals surface area contributed by atoms with Gasteiger partial charge in [0, 0.05) is 52.1 Å². The summed E-state index contributed by atoms with van der Waals surface area (Å²) < 4.78 is 14.1. The van der Waals surface area contributed by atoms with Gasteiger partial charge in [0.1, 0.15) is 18.5 Å². The van der Waals surface area contributed by atoms with Crippen LogP contribution in [0.15, 0.2) is 70.4 Å². The summed E-state index contributed by atoms with van der Waals surface area (Å²) in [6.07, 6.45) is 18.9. The second kappa shape index (κ2) is 14.1. The minimum absolute atomic E-state index is 0.144. The summed E-state index contributed by atoms with van der Waals surface area (Å²) in [6.45, 7) is 13.7. The maximum absolute atomic E-state index is 7.19. The minimum Gasteiger partial charge on any atom is -0.496 e. The molecule has 2 aromatic carbocycles. The van der Waals surface area contributed by atoms with Gasteiger partial charge >= 0.3 is 0 Å². The molecule has 0 unspecified atom stereocenters. The van der Waals surface area contributed by atoms with Gasteiger partial charge in [-0.2, -0.15) is 4.58 Å². The third-order valence-corrected chi connectivity index (χ3v) is 11.3. The Labute approximate surface area is 289 Å². The number of anilines is 1. The fraction of sp³-hybridized carbons (Fsp3) is 0.500. The molecule has 47 heavy (non-hydrogen) atoms. The predicted molar refractivity (Wildman–Crippen MR) is 201 cm³/mol. The Balaban J connectivity index is 1.45. The number of aryl methyl sites for hydroxylation is 2. The molecule has 5 heteroatoms. The van der Waals surface area contributed by atoms with Gasteiger partial charge in [-0.15, -0.1) is 0 Å². The normalized spacial score (nSPS) is 20.2. The number of halogens is 1. The SMILES string of the molecule is CCCCc1cc2c(cc1OC)C(C)(C)C(=CC=C1CCCC(C=CC3=[N+](C)c4cc(CCCC)c(OC)cc4C3(C)C)=C1Cl)N2C. The van der Waals surface area contributed by atoms with Crippen molar-refractivity contribution in [2.45, 2.75) is 110 Å². The lowest BCUT2D eigenvalue weighted by atomic mass is 9.80. The lowest BCUT2D eigenvalue weighted by Gasteiger charge is -2.24. The van der Waals surface area contributed by atoms with E-state index in [1.54, 1.807) is 14.2 Å². The van der Waals surface area contributed by atoms with Crippen molar-refractivity contribution in [2.75, 3.05) is 33.2 Å². The Bertz CT molecular complexity index is 1680. The van der Waals surface area contributed by atoms with E-state index in [2.05, 4.69) is 114 Å². The molecule has 2 aromatic rings. The van der Waals surface area contributed by atoms with Gasteiger partial charge in [0.05, 0.1) is 19.6 Å². The molecule has 4 nitrogen and oxygen atoms in total. The number of benzene rings is 2. The van der Waals surface area contributed by atoms with Crippen molar-refractivity contribution in [1.29, 1.82) is 0 Å². The molecule has 0 spiro atoms. The Kier molecular flexibility index (Phi) is 10.5. The molecular weight excluding hydrogens is 600 g/mol. The Morgan fingerprint density at radius 3 is 2.06 bits per heavy atom. The molecule has 3 aliphatic rings. The van der Waals surface area contributed by atoms with Crippen molar-refractivity contribution in [3.63, 3.8) is 0 Å². The van der Waals surface area contributed by atoms with E-state index in [0.717, 1.165) is 61.5 Å². The topological polar surface area (TPSA) is 24.7 Å². The van der Waals surface area contributed by atoms with Crippen LogP contribution in [0, 0.1) is 0 Å². The zero-order valence-electron chi connectivity index (χ0n) is 30.6. The number of methoxy groups -OCH3 is 2. The Morgan fingerprint density at radius 1 is 0.830 bits per heavy atom. The fourth-order valence-corrected chi connectivity index (χ4v) is 8.18. The summed E-state index contributed by atoms with van der Waals surface area (Å²) in [6, 6.07) is 9.21. The number of hydrogen-bond donors (Lipinski definition) is 0. The second-order valence-electron chi connectivity index (χ2n) is 14.6. The van der Waals surface area contributed by atoms with Crippen LogP contribution in [-0.4, -0.2) is 38.6 Å². The zero-order valence-corrected chi connectivity index (χ0v) is 31.3. The fourth-order valence-electron chi connectivity index (χ4n) is 7.87. The number of fused-ring (bicyclic) bond motifs is 2. The van der Waals surface area contributed by atoms with Crippen LogP contribution in [-0.2, 0) is 23.7 Å². The van der Waals surface area contributed by atoms with Crippen LogP contribution >= 0.6 is 11.6 Å². The molecule has 0 N–H and O–H groups in total. The zero-order chi connectivity index (χ0) is 34.1. The first-order valence-corrected chi connectivity index (χ1v) is 18.0. The summed E-state index contributed by atoms with van der Waals surface area (Å²) in [7, 11) is 7.96. The van der Waals surface area contributed by atoms with Crippen LogP contribution in [0.5, 0.6) is 11.5 Å². The Morgan fingerprint density at radius 2 is 1.45 bits per heavy atom. The van der Waals surface area contributed by atoms with Gasteiger partial charge in [-0.05, 0) is 105 Å². The molecule has 0 radical (unpaired) electrons. The molecule has 1 aliphatic carbocycles. The molecule has 0 aromatic heterocycles. The van der Waals surface area contributed by atoms with Gasteiger partial charge in [0.15, 0.2) is 5.71 Å². The number of unbranched alkanes of at least 4 members (excludes halogenated alkanes) is 2. The highest BCUT2D eigenvalue weighted by Gasteiger charge is 2.44. The highest BCUT2D eigenvalue weighted by atomic mass is 35.5. The monoisotopic (exact) mass is 655 g/mol. The van der Waals surface area contributed by atoms with Crippen molar-refractivity contribution in [1.82, 2.24) is 0 Å². The lowest BCUT2D eigenvalue weighted by molar-refractivity contribution is -0.401. The summed E-state index contributed by atoms with van der Waals surface area (Å²) in [4.78, 5) is 2.36. The minimum atomic E-state index is -0.144. The standard InChI is InChI=1S/C42H56ClN2O2/c1-11-13-16-30-24-34-32(26-36(30)46-9)41(3,4)38(44(34)7)22-20-28-18-15-19-29(40(28)43)21-23-39-42(5,6)33-27-37(47-10)31(17-14-12-2)25-35(33)45(39)8/h20-27H,11-19H2,1-10H3/q+1. The molecule has 252 valence electrons. The molecule has 0 saturated heterocycles. The lowest BCUT2D eigenvalue weighted by Crippen LogP contribution is -2.26. The highest BCUT2D eigenvalue weighted by Crippen LogP contribution is 2.50. The maximum atomic E-state index is 7.19. The van der Waals surface area contributed by atoms with Gasteiger partial charge in [-0.25, -0.2) is 0 Å². The van der Waals surface area contributed by atoms with Crippen LogP contribution in [0.25, 0.3) is 0 Å². The van der Waals surface area contributed by atoms with E-state index in [-0.39, 0.29) is 10.8 Å². The van der Waals surface area contributed by atoms with Crippen molar-refractivity contribution in [3.05, 3.63) is 92.7 Å². The van der Waals surface area contributed by atoms with Gasteiger partial charge in [-0.1, -0.05) is 64.3 Å². The third kappa shape index (κ3) is 6.47. The largest absolute Gasteiger partial charge is 0.496 e. The number of allylic oxidation sites excluding steroid dienone is 8. The smallest absolute Gasteiger partial charge is 0.210 e. The molecule has 2 heterocycles. The van der Waals surface area contributed by atoms with E-state index in [9.17, 15) is 0 Å². The van der Waals surface area contributed by atoms with Crippen LogP contribution in [0.1, 0.15) is 109 Å². The molecular formula is C42H56ClN2O2+. The van der Waals surface area contributed by atoms with Gasteiger partial charge in [0.25, 0.3) is 0 Å². The van der Waals surface area contributed by atoms with E-state index in [1.165, 1.54) is 69.0 Å². The van der Waals surface area contributed by atoms with E-state index in [1.807, 2.05) is 0 Å². The first-order chi connectivity index (χ1) is 22.4. The summed E-state index contributed by atoms with van der Waals surface area (Å²) in [5.74, 6) is 2.00. The molecule has 0 fully saturated rings. The first kappa shape index (κ1) is 35.1. The van der Waals surface area contributed by atoms with Crippen molar-refractivity contribution >= 4 is 28.7 Å². The van der Waals surface area contributed by atoms with Crippen LogP contribution < -0.4 is 14.4 Å². The molecule has 0 saturated carbocycles. The number of likely N-dealkylation sites (N-methyl/N-ethyl adjacent to an activating group) is 1. The van der Waals surface area contributed by atoms with Crippen LogP contribution in [0.2, 0.25) is 0 Å². The molecule has 2 aliphatic heterocycles. The van der Waals surface area contributed by atoms with Crippen molar-refractivity contribution in [2.24, 2.45) is 0 Å². The van der Waals surface area contributed by atoms with E-state index in [4.69, 9.17) is 21.1 Å². The van der Waals surface area contributed by atoms with Crippen molar-refractivity contribution < 1.29 is 14.0 Å². The Hall–Kier alpha value is -3.24. The molecule has 0 amide bonds. The van der Waals surface area contributed by atoms with E-state index in [0.29, 0.717) is 0 Å². The van der Waals surface area contributed by atoms with Gasteiger partial charge in [0.2, 0.25) is 5.69 Å². The predicted octanol–water partition coefficient (Wildman–Crippen LogP) is 10.9. The molecule has 0 bridgehead atoms. The number of rotatable bonds is 11. The van der Waals surface area contributed by atoms with Gasteiger partial charge < -0.3 is 14.4 Å². The molecule has 5 rings (SSSR count). The molecule has 0 atom stereocenters. The van der Waals surface area contributed by atoms with Gasteiger partial charge in [-0.3, -0.25) is 0 Å². The summed E-state index contributed by atoms with van der Waals surface area (Å²) in [5.41, 5.74) is 12.4. The average Bonchev–Trinajstić information content (AvgIpc) is 3.36. The highest BCUT2D eigenvalue weighted by molar-refractivity contribution is 6.32. The van der Waals surface area contributed by atoms with E-state index >= 15 is 0 Å². The second-order valence-corrected chi connectivity index (χ2v) is 15.0. The summed E-state index contributed by atoms with van der Waals surface area (Å²) >= 11 is 7.19. The van der Waals surface area contributed by atoms with Crippen molar-refractivity contribution in [3.8, 4) is 11.5 Å². The quantitative estimate of drug-likeness (QED) is 0.225. The number of hydrogen-bond acceptors (Lipinski definition) is 3. The summed E-state index contributed by atoms with van der Waals surface area (Å²) in [5, 5.41) is 0.893. The third-order valence-electron chi connectivity index (χ3n) is 10.8. The average molecular weight is 656 g/mol. The number of ether oxygens (including phenoxy) is 2. The first-order valence-electron chi connectivity index (χ1n) is 17.7. The van der Waals surface area contributed by atoms with E-state index < -0.39 is 0 Å². The maximum Gasteiger partial charge on any atom is 0.210 e. The van der Waals surface area contributed by atoms with Crippen LogP contribution in [0.3, 0.4) is 0 Å². The number of nitrogens with zero attached hydrogens (tertiary/aromatic N) is 2. The van der Waals surface area contributed by atoms with Crippen LogP contribution in [0.4, 0.5) is 11.4 Å².